The molecule has 1 amide bonds. The van der Waals surface area contributed by atoms with E-state index in [9.17, 15) is 9.18 Å². The highest BCUT2D eigenvalue weighted by atomic mass is 19.1. The number of nitrogens with zero attached hydrogens (tertiary/aromatic N) is 1. The van der Waals surface area contributed by atoms with Crippen LogP contribution in [-0.2, 0) is 6.42 Å². The first-order chi connectivity index (χ1) is 13.6. The van der Waals surface area contributed by atoms with Gasteiger partial charge in [0.25, 0.3) is 5.91 Å². The number of nitrogens with one attached hydrogen (secondary N) is 2. The van der Waals surface area contributed by atoms with Gasteiger partial charge in [-0.2, -0.15) is 5.10 Å². The average Bonchev–Trinajstić information content (AvgIpc) is 3.45. The molecule has 0 spiro atoms. The van der Waals surface area contributed by atoms with Crippen molar-refractivity contribution in [3.05, 3.63) is 82.9 Å². The molecule has 1 atom stereocenters. The molecule has 0 radical (unpaired) electrons. The van der Waals surface area contributed by atoms with Crippen molar-refractivity contribution < 1.29 is 13.9 Å². The molecule has 144 valence electrons. The lowest BCUT2D eigenvalue weighted by atomic mass is 9.98. The predicted octanol–water partition coefficient (Wildman–Crippen LogP) is 4.15. The van der Waals surface area contributed by atoms with Crippen LogP contribution in [0.4, 0.5) is 4.39 Å². The summed E-state index contributed by atoms with van der Waals surface area (Å²) in [6.45, 7) is 0. The summed E-state index contributed by atoms with van der Waals surface area (Å²) in [5, 5.41) is 10.2. The van der Waals surface area contributed by atoms with Gasteiger partial charge in [-0.1, -0.05) is 24.3 Å². The highest BCUT2D eigenvalue weighted by Gasteiger charge is 2.27. The van der Waals surface area contributed by atoms with Gasteiger partial charge in [0.1, 0.15) is 17.3 Å². The van der Waals surface area contributed by atoms with Crippen molar-refractivity contribution in [1.29, 1.82) is 0 Å². The van der Waals surface area contributed by atoms with Crippen LogP contribution < -0.4 is 10.1 Å². The van der Waals surface area contributed by atoms with E-state index in [0.717, 1.165) is 35.4 Å². The Morgan fingerprint density at radius 2 is 1.93 bits per heavy atom. The molecule has 0 bridgehead atoms. The molecule has 1 fully saturated rings. The first kappa shape index (κ1) is 18.2. The number of methoxy groups -OCH3 is 1. The van der Waals surface area contributed by atoms with Crippen LogP contribution in [0, 0.1) is 5.82 Å². The van der Waals surface area contributed by atoms with E-state index in [-0.39, 0.29) is 17.8 Å². The summed E-state index contributed by atoms with van der Waals surface area (Å²) in [6, 6.07) is 15.4. The fourth-order valence-corrected chi connectivity index (χ4v) is 3.23. The van der Waals surface area contributed by atoms with Gasteiger partial charge in [-0.15, -0.1) is 0 Å². The van der Waals surface area contributed by atoms with E-state index in [1.54, 1.807) is 19.2 Å². The standard InChI is InChI=1S/C22H22FN3O2/c1-28-18-10-6-15(7-11-18)19(12-14-2-8-17(23)9-3-14)24-22(27)21-13-20(25-26-21)16-4-5-16/h2-3,6-11,13,16,19H,4-5,12H2,1H3,(H,24,27)(H,25,26). The molecule has 2 aromatic carbocycles. The Hall–Kier alpha value is -3.15. The van der Waals surface area contributed by atoms with Crippen molar-refractivity contribution in [1.82, 2.24) is 15.5 Å². The van der Waals surface area contributed by atoms with Crippen molar-refractivity contribution >= 4 is 5.91 Å². The van der Waals surface area contributed by atoms with Crippen LogP contribution in [0.15, 0.2) is 54.6 Å². The number of carbonyl (C=O) groups excluding carboxylic acids is 1. The van der Waals surface area contributed by atoms with Crippen LogP contribution in [0.5, 0.6) is 5.75 Å². The van der Waals surface area contributed by atoms with Crippen LogP contribution in [0.25, 0.3) is 0 Å². The largest absolute Gasteiger partial charge is 0.497 e. The first-order valence-corrected chi connectivity index (χ1v) is 9.37. The van der Waals surface area contributed by atoms with Crippen molar-refractivity contribution in [2.75, 3.05) is 7.11 Å². The SMILES string of the molecule is COc1ccc(C(Cc2ccc(F)cc2)NC(=O)c2cc(C3CC3)[nH]n2)cc1. The van der Waals surface area contributed by atoms with E-state index in [1.807, 2.05) is 30.3 Å². The number of carbonyl (C=O) groups is 1. The average molecular weight is 379 g/mol. The lowest BCUT2D eigenvalue weighted by Gasteiger charge is -2.19. The second-order valence-electron chi connectivity index (χ2n) is 7.11. The molecule has 2 N–H and O–H groups in total. The van der Waals surface area contributed by atoms with Gasteiger partial charge >= 0.3 is 0 Å². The number of halogens is 1. The van der Waals surface area contributed by atoms with Crippen molar-refractivity contribution in [3.8, 4) is 5.75 Å². The summed E-state index contributed by atoms with van der Waals surface area (Å²) < 4.78 is 18.5. The van der Waals surface area contributed by atoms with Crippen molar-refractivity contribution in [2.24, 2.45) is 0 Å². The fourth-order valence-electron chi connectivity index (χ4n) is 3.23. The molecule has 0 aliphatic heterocycles. The summed E-state index contributed by atoms with van der Waals surface area (Å²) in [5.41, 5.74) is 3.28. The van der Waals surface area contributed by atoms with Crippen LogP contribution in [0.2, 0.25) is 0 Å². The zero-order valence-corrected chi connectivity index (χ0v) is 15.6. The second kappa shape index (κ2) is 7.84. The Bertz CT molecular complexity index is 947. The maximum atomic E-state index is 13.2. The Morgan fingerprint density at radius 1 is 1.21 bits per heavy atom. The minimum Gasteiger partial charge on any atom is -0.497 e. The van der Waals surface area contributed by atoms with Crippen molar-refractivity contribution in [2.45, 2.75) is 31.2 Å². The van der Waals surface area contributed by atoms with Crippen LogP contribution in [-0.4, -0.2) is 23.2 Å². The van der Waals surface area contributed by atoms with Gasteiger partial charge in [0.2, 0.25) is 0 Å². The highest BCUT2D eigenvalue weighted by molar-refractivity contribution is 5.92. The van der Waals surface area contributed by atoms with Gasteiger partial charge in [-0.3, -0.25) is 9.89 Å². The van der Waals surface area contributed by atoms with Crippen molar-refractivity contribution in [3.63, 3.8) is 0 Å². The molecule has 1 aliphatic carbocycles. The van der Waals surface area contributed by atoms with E-state index in [1.165, 1.54) is 12.1 Å². The normalized spacial score (nSPS) is 14.5. The van der Waals surface area contributed by atoms with Crippen LogP contribution in [0.1, 0.15) is 52.1 Å². The predicted molar refractivity (Wildman–Crippen MR) is 104 cm³/mol. The maximum absolute atomic E-state index is 13.2. The van der Waals surface area contributed by atoms with Gasteiger partial charge < -0.3 is 10.1 Å². The molecule has 1 aliphatic rings. The summed E-state index contributed by atoms with van der Waals surface area (Å²) in [7, 11) is 1.61. The Morgan fingerprint density at radius 3 is 2.57 bits per heavy atom. The first-order valence-electron chi connectivity index (χ1n) is 9.37. The third kappa shape index (κ3) is 4.22. The topological polar surface area (TPSA) is 67.0 Å². The van der Waals surface area contributed by atoms with E-state index in [0.29, 0.717) is 18.0 Å². The highest BCUT2D eigenvalue weighted by Crippen LogP contribution is 2.39. The number of ether oxygens (including phenoxy) is 1. The quantitative estimate of drug-likeness (QED) is 0.648. The number of benzene rings is 2. The number of H-pyrrole nitrogens is 1. The minimum absolute atomic E-state index is 0.230. The number of aromatic amines is 1. The number of rotatable bonds is 7. The summed E-state index contributed by atoms with van der Waals surface area (Å²) in [4.78, 5) is 12.8. The van der Waals surface area contributed by atoms with Gasteiger partial charge in [0, 0.05) is 11.6 Å². The Kier molecular flexibility index (Phi) is 5.10. The molecule has 1 aromatic heterocycles. The van der Waals surface area contributed by atoms with Crippen LogP contribution in [0.3, 0.4) is 0 Å². The zero-order chi connectivity index (χ0) is 19.5. The monoisotopic (exact) mass is 379 g/mol. The minimum atomic E-state index is -0.280. The number of hydrogen-bond donors (Lipinski definition) is 2. The molecule has 1 saturated carbocycles. The molecule has 1 unspecified atom stereocenters. The lowest BCUT2D eigenvalue weighted by Crippen LogP contribution is -2.30. The summed E-state index contributed by atoms with van der Waals surface area (Å²) in [5.74, 6) is 0.742. The molecular weight excluding hydrogens is 357 g/mol. The summed E-state index contributed by atoms with van der Waals surface area (Å²) in [6.07, 6.45) is 2.82. The molecule has 1 heterocycles. The Balaban J connectivity index is 1.55. The maximum Gasteiger partial charge on any atom is 0.272 e. The third-order valence-corrected chi connectivity index (χ3v) is 5.02. The van der Waals surface area contributed by atoms with E-state index < -0.39 is 0 Å². The van der Waals surface area contributed by atoms with Gasteiger partial charge in [-0.05, 0) is 60.7 Å². The number of aromatic nitrogens is 2. The lowest BCUT2D eigenvalue weighted by molar-refractivity contribution is 0.0931. The molecule has 5 nitrogen and oxygen atoms in total. The molecule has 28 heavy (non-hydrogen) atoms. The van der Waals surface area contributed by atoms with E-state index in [4.69, 9.17) is 4.74 Å². The molecule has 0 saturated heterocycles. The van der Waals surface area contributed by atoms with E-state index >= 15 is 0 Å². The fraction of sp³-hybridized carbons (Fsp3) is 0.273. The number of hydrogen-bond acceptors (Lipinski definition) is 3. The van der Waals surface area contributed by atoms with Gasteiger partial charge in [-0.25, -0.2) is 4.39 Å². The molecule has 4 rings (SSSR count). The van der Waals surface area contributed by atoms with E-state index in [2.05, 4.69) is 15.5 Å². The smallest absolute Gasteiger partial charge is 0.272 e. The Labute approximate surface area is 162 Å². The van der Waals surface area contributed by atoms with Gasteiger partial charge in [0.15, 0.2) is 0 Å². The third-order valence-electron chi connectivity index (χ3n) is 5.02. The molecular formula is C22H22FN3O2. The van der Waals surface area contributed by atoms with Crippen LogP contribution >= 0.6 is 0 Å². The second-order valence-corrected chi connectivity index (χ2v) is 7.11. The van der Waals surface area contributed by atoms with Gasteiger partial charge in [0.05, 0.1) is 13.2 Å². The molecule has 6 heteroatoms. The number of amides is 1. The molecule has 3 aromatic rings. The zero-order valence-electron chi connectivity index (χ0n) is 15.6. The summed E-state index contributed by atoms with van der Waals surface area (Å²) >= 11 is 0.